The van der Waals surface area contributed by atoms with Gasteiger partial charge in [0.1, 0.15) is 0 Å². The number of benzene rings is 1. The van der Waals surface area contributed by atoms with E-state index in [0.717, 1.165) is 17.7 Å². The molecule has 3 rings (SSSR count). The average Bonchev–Trinajstić information content (AvgIpc) is 3.12. The molecule has 0 saturated carbocycles. The Bertz CT molecular complexity index is 774. The van der Waals surface area contributed by atoms with Gasteiger partial charge in [0.05, 0.1) is 18.2 Å². The van der Waals surface area contributed by atoms with Crippen molar-refractivity contribution in [3.8, 4) is 0 Å². The van der Waals surface area contributed by atoms with Gasteiger partial charge in [-0.3, -0.25) is 9.59 Å². The monoisotopic (exact) mass is 339 g/mol. The number of carbonyl (C=O) groups is 2. The minimum Gasteiger partial charge on any atom is -0.465 e. The zero-order valence-corrected chi connectivity index (χ0v) is 15.1. The van der Waals surface area contributed by atoms with E-state index in [-0.39, 0.29) is 17.7 Å². The van der Waals surface area contributed by atoms with Crippen LogP contribution >= 0.6 is 0 Å². The first kappa shape index (κ1) is 17.5. The van der Waals surface area contributed by atoms with Crippen molar-refractivity contribution in [1.82, 2.24) is 4.57 Å². The number of nitrogens with zero attached hydrogens (tertiary/aromatic N) is 1. The van der Waals surface area contributed by atoms with Crippen LogP contribution in [0, 0.1) is 12.8 Å². The Hall–Kier alpha value is -2.36. The standard InChI is InChI=1S/C21H25NO3/c1-14(2)10-12-25-21(24)17-9-11-22-18(17)13-15(3)19(22)20(23)16-7-5-4-6-8-16/h4-8,13-14,17H,9-12H2,1-3H3. The zero-order chi connectivity index (χ0) is 18.0. The van der Waals surface area contributed by atoms with Gasteiger partial charge in [0, 0.05) is 17.8 Å². The van der Waals surface area contributed by atoms with Gasteiger partial charge in [-0.25, -0.2) is 0 Å². The van der Waals surface area contributed by atoms with Gasteiger partial charge < -0.3 is 9.30 Å². The highest BCUT2D eigenvalue weighted by Gasteiger charge is 2.34. The van der Waals surface area contributed by atoms with E-state index >= 15 is 0 Å². The molecule has 1 aromatic heterocycles. The van der Waals surface area contributed by atoms with Crippen LogP contribution in [-0.4, -0.2) is 22.9 Å². The van der Waals surface area contributed by atoms with E-state index in [1.165, 1.54) is 0 Å². The number of esters is 1. The first-order valence-electron chi connectivity index (χ1n) is 8.95. The van der Waals surface area contributed by atoms with Crippen LogP contribution in [0.4, 0.5) is 0 Å². The Balaban J connectivity index is 1.81. The molecule has 0 bridgehead atoms. The average molecular weight is 339 g/mol. The molecule has 1 aliphatic heterocycles. The lowest BCUT2D eigenvalue weighted by atomic mass is 10.0. The summed E-state index contributed by atoms with van der Waals surface area (Å²) in [6, 6.07) is 11.3. The third kappa shape index (κ3) is 3.53. The molecule has 132 valence electrons. The number of aryl methyl sites for hydroxylation is 1. The molecule has 2 heterocycles. The lowest BCUT2D eigenvalue weighted by Crippen LogP contribution is -2.15. The summed E-state index contributed by atoms with van der Waals surface area (Å²) in [5, 5.41) is 0. The predicted molar refractivity (Wildman–Crippen MR) is 96.8 cm³/mol. The van der Waals surface area contributed by atoms with Crippen molar-refractivity contribution in [3.05, 3.63) is 58.9 Å². The molecule has 0 radical (unpaired) electrons. The maximum atomic E-state index is 12.9. The number of fused-ring (bicyclic) bond motifs is 1. The smallest absolute Gasteiger partial charge is 0.315 e. The second-order valence-electron chi connectivity index (χ2n) is 7.14. The number of aromatic nitrogens is 1. The van der Waals surface area contributed by atoms with Crippen molar-refractivity contribution in [2.75, 3.05) is 6.61 Å². The van der Waals surface area contributed by atoms with Gasteiger partial charge in [-0.05, 0) is 37.3 Å². The summed E-state index contributed by atoms with van der Waals surface area (Å²) in [7, 11) is 0. The molecule has 0 saturated heterocycles. The third-order valence-electron chi connectivity index (χ3n) is 4.79. The van der Waals surface area contributed by atoms with Crippen molar-refractivity contribution in [3.63, 3.8) is 0 Å². The minimum absolute atomic E-state index is 0.0122. The molecule has 0 fully saturated rings. The van der Waals surface area contributed by atoms with Gasteiger partial charge in [-0.15, -0.1) is 0 Å². The number of rotatable bonds is 6. The molecule has 0 amide bonds. The molecule has 2 aromatic rings. The summed E-state index contributed by atoms with van der Waals surface area (Å²) in [4.78, 5) is 25.3. The SMILES string of the molecule is Cc1cc2n(c1C(=O)c1ccccc1)CCC2C(=O)OCCC(C)C. The molecule has 1 atom stereocenters. The van der Waals surface area contributed by atoms with E-state index in [0.29, 0.717) is 36.7 Å². The summed E-state index contributed by atoms with van der Waals surface area (Å²) in [6.45, 7) is 7.30. The van der Waals surface area contributed by atoms with Crippen LogP contribution in [0.15, 0.2) is 36.4 Å². The first-order valence-corrected chi connectivity index (χ1v) is 8.95. The maximum Gasteiger partial charge on any atom is 0.315 e. The molecule has 4 heteroatoms. The summed E-state index contributed by atoms with van der Waals surface area (Å²) < 4.78 is 7.45. The highest BCUT2D eigenvalue weighted by Crippen LogP contribution is 2.34. The van der Waals surface area contributed by atoms with Crippen molar-refractivity contribution < 1.29 is 14.3 Å². The van der Waals surface area contributed by atoms with Crippen molar-refractivity contribution in [1.29, 1.82) is 0 Å². The number of ketones is 1. The topological polar surface area (TPSA) is 48.3 Å². The quantitative estimate of drug-likeness (QED) is 0.588. The summed E-state index contributed by atoms with van der Waals surface area (Å²) in [5.41, 5.74) is 3.20. The van der Waals surface area contributed by atoms with Crippen LogP contribution in [0.3, 0.4) is 0 Å². The zero-order valence-electron chi connectivity index (χ0n) is 15.1. The van der Waals surface area contributed by atoms with Crippen molar-refractivity contribution in [2.24, 2.45) is 5.92 Å². The van der Waals surface area contributed by atoms with E-state index in [9.17, 15) is 9.59 Å². The molecule has 0 spiro atoms. The Morgan fingerprint density at radius 1 is 1.24 bits per heavy atom. The van der Waals surface area contributed by atoms with E-state index in [1.54, 1.807) is 0 Å². The third-order valence-corrected chi connectivity index (χ3v) is 4.79. The molecule has 25 heavy (non-hydrogen) atoms. The Morgan fingerprint density at radius 3 is 2.64 bits per heavy atom. The molecular formula is C21H25NO3. The molecule has 1 unspecified atom stereocenters. The Labute approximate surface area is 148 Å². The Morgan fingerprint density at radius 2 is 1.96 bits per heavy atom. The second kappa shape index (κ2) is 7.26. The Kier molecular flexibility index (Phi) is 5.07. The second-order valence-corrected chi connectivity index (χ2v) is 7.14. The first-order chi connectivity index (χ1) is 12.0. The molecule has 0 N–H and O–H groups in total. The fourth-order valence-electron chi connectivity index (χ4n) is 3.41. The van der Waals surface area contributed by atoms with Crippen LogP contribution in [0.1, 0.15) is 59.9 Å². The van der Waals surface area contributed by atoms with Gasteiger partial charge in [0.15, 0.2) is 0 Å². The van der Waals surface area contributed by atoms with Crippen LogP contribution in [-0.2, 0) is 16.1 Å². The van der Waals surface area contributed by atoms with Crippen LogP contribution in [0.25, 0.3) is 0 Å². The molecule has 1 aliphatic rings. The maximum absolute atomic E-state index is 12.9. The molecule has 0 aliphatic carbocycles. The fraction of sp³-hybridized carbons (Fsp3) is 0.429. The normalized spacial score (nSPS) is 16.1. The highest BCUT2D eigenvalue weighted by molar-refractivity contribution is 6.09. The molecule has 4 nitrogen and oxygen atoms in total. The predicted octanol–water partition coefficient (Wildman–Crippen LogP) is 4.10. The lowest BCUT2D eigenvalue weighted by molar-refractivity contribution is -0.145. The van der Waals surface area contributed by atoms with Gasteiger partial charge >= 0.3 is 5.97 Å². The summed E-state index contributed by atoms with van der Waals surface area (Å²) in [5.74, 6) is 0.0922. The van der Waals surface area contributed by atoms with Crippen LogP contribution in [0.5, 0.6) is 0 Å². The number of hydrogen-bond acceptors (Lipinski definition) is 3. The molecular weight excluding hydrogens is 314 g/mol. The van der Waals surface area contributed by atoms with Crippen LogP contribution < -0.4 is 0 Å². The lowest BCUT2D eigenvalue weighted by Gasteiger charge is -2.11. The van der Waals surface area contributed by atoms with E-state index in [4.69, 9.17) is 4.74 Å². The summed E-state index contributed by atoms with van der Waals surface area (Å²) in [6.07, 6.45) is 1.57. The van der Waals surface area contributed by atoms with Gasteiger partial charge in [0.25, 0.3) is 0 Å². The largest absolute Gasteiger partial charge is 0.465 e. The number of hydrogen-bond donors (Lipinski definition) is 0. The van der Waals surface area contributed by atoms with E-state index < -0.39 is 0 Å². The highest BCUT2D eigenvalue weighted by atomic mass is 16.5. The van der Waals surface area contributed by atoms with Gasteiger partial charge in [-0.1, -0.05) is 44.2 Å². The van der Waals surface area contributed by atoms with Gasteiger partial charge in [-0.2, -0.15) is 0 Å². The van der Waals surface area contributed by atoms with Crippen molar-refractivity contribution >= 4 is 11.8 Å². The molecule has 1 aromatic carbocycles. The van der Waals surface area contributed by atoms with Crippen molar-refractivity contribution in [2.45, 2.75) is 46.1 Å². The number of ether oxygens (including phenoxy) is 1. The van der Waals surface area contributed by atoms with Gasteiger partial charge in [0.2, 0.25) is 5.78 Å². The fourth-order valence-corrected chi connectivity index (χ4v) is 3.41. The van der Waals surface area contributed by atoms with E-state index in [1.807, 2.05) is 47.9 Å². The van der Waals surface area contributed by atoms with E-state index in [2.05, 4.69) is 13.8 Å². The minimum atomic E-state index is -0.261. The van der Waals surface area contributed by atoms with Crippen LogP contribution in [0.2, 0.25) is 0 Å². The summed E-state index contributed by atoms with van der Waals surface area (Å²) >= 11 is 0. The number of carbonyl (C=O) groups excluding carboxylic acids is 2.